The van der Waals surface area contributed by atoms with Crippen molar-refractivity contribution in [3.05, 3.63) is 63.8 Å². The zero-order valence-corrected chi connectivity index (χ0v) is 18.9. The van der Waals surface area contributed by atoms with E-state index in [2.05, 4.69) is 12.3 Å². The quantitative estimate of drug-likeness (QED) is 0.571. The molecule has 32 heavy (non-hydrogen) atoms. The van der Waals surface area contributed by atoms with Crippen LogP contribution in [0.2, 0.25) is 5.02 Å². The molecule has 0 saturated carbocycles. The molecule has 2 aromatic carbocycles. The summed E-state index contributed by atoms with van der Waals surface area (Å²) in [5, 5.41) is 12.5. The molecule has 0 aliphatic carbocycles. The zero-order chi connectivity index (χ0) is 22.7. The molecule has 0 aromatic heterocycles. The van der Waals surface area contributed by atoms with Gasteiger partial charge in [-0.25, -0.2) is 9.80 Å². The fourth-order valence-corrected chi connectivity index (χ4v) is 4.40. The van der Waals surface area contributed by atoms with Gasteiger partial charge in [-0.2, -0.15) is 0 Å². The number of benzene rings is 2. The molecule has 0 saturated heterocycles. The van der Waals surface area contributed by atoms with E-state index in [1.54, 1.807) is 13.2 Å². The van der Waals surface area contributed by atoms with Crippen LogP contribution in [0.4, 0.5) is 0 Å². The number of methoxy groups -OCH3 is 1. The van der Waals surface area contributed by atoms with E-state index in [1.807, 2.05) is 35.3 Å². The number of halogens is 1. The maximum atomic E-state index is 12.1. The Kier molecular flexibility index (Phi) is 6.77. The van der Waals surface area contributed by atoms with Gasteiger partial charge in [0.15, 0.2) is 11.5 Å². The topological polar surface area (TPSA) is 80.3 Å². The molecule has 7 nitrogen and oxygen atoms in total. The lowest BCUT2D eigenvalue weighted by atomic mass is 9.93. The third-order valence-corrected chi connectivity index (χ3v) is 6.16. The second-order valence-corrected chi connectivity index (χ2v) is 8.34. The van der Waals surface area contributed by atoms with E-state index in [0.29, 0.717) is 29.5 Å². The van der Waals surface area contributed by atoms with Crippen LogP contribution in [0, 0.1) is 0 Å². The molecule has 0 radical (unpaired) electrons. The van der Waals surface area contributed by atoms with E-state index < -0.39 is 5.97 Å². The maximum absolute atomic E-state index is 12.1. The molecule has 2 aromatic rings. The van der Waals surface area contributed by atoms with Crippen molar-refractivity contribution >= 4 is 17.6 Å². The monoisotopic (exact) mass is 458 g/mol. The normalized spacial score (nSPS) is 17.5. The van der Waals surface area contributed by atoms with Crippen molar-refractivity contribution in [3.8, 4) is 17.2 Å². The highest BCUT2D eigenvalue weighted by Crippen LogP contribution is 2.39. The largest absolute Gasteiger partial charge is 0.497 e. The summed E-state index contributed by atoms with van der Waals surface area (Å²) in [6.45, 7) is 2.83. The summed E-state index contributed by atoms with van der Waals surface area (Å²) in [4.78, 5) is 12.1. The molecular formula is C24H27ClN2O5. The summed E-state index contributed by atoms with van der Waals surface area (Å²) in [5.41, 5.74) is 6.03. The summed E-state index contributed by atoms with van der Waals surface area (Å²) in [7, 11) is 1.63. The van der Waals surface area contributed by atoms with E-state index in [0.717, 1.165) is 41.7 Å². The smallest absolute Gasteiger partial charge is 0.353 e. The number of carboxylic acids is 1. The summed E-state index contributed by atoms with van der Waals surface area (Å²) < 4.78 is 16.2. The van der Waals surface area contributed by atoms with Crippen molar-refractivity contribution in [1.82, 2.24) is 10.4 Å². The number of hydrogen-bond acceptors (Lipinski definition) is 6. The molecule has 4 rings (SSSR count). The number of fused-ring (bicyclic) bond motifs is 1. The van der Waals surface area contributed by atoms with E-state index in [-0.39, 0.29) is 18.5 Å². The van der Waals surface area contributed by atoms with Gasteiger partial charge in [-0.3, -0.25) is 0 Å². The zero-order valence-electron chi connectivity index (χ0n) is 18.2. The van der Waals surface area contributed by atoms with Crippen molar-refractivity contribution in [1.29, 1.82) is 0 Å². The minimum Gasteiger partial charge on any atom is -0.497 e. The van der Waals surface area contributed by atoms with Crippen LogP contribution in [0.1, 0.15) is 37.3 Å². The van der Waals surface area contributed by atoms with Crippen LogP contribution >= 0.6 is 11.6 Å². The molecule has 1 atom stereocenters. The average Bonchev–Trinajstić information content (AvgIpc) is 3.37. The Balaban J connectivity index is 1.64. The lowest BCUT2D eigenvalue weighted by molar-refractivity contribution is -0.133. The fraction of sp³-hybridized carbons (Fsp3) is 0.375. The number of unbranched alkanes of at least 4 members (excludes halogenated alkanes) is 1. The van der Waals surface area contributed by atoms with Crippen LogP contribution in [0.15, 0.2) is 47.7 Å². The van der Waals surface area contributed by atoms with Gasteiger partial charge in [0.1, 0.15) is 11.4 Å². The third kappa shape index (κ3) is 4.64. The number of aliphatic carboxylic acids is 1. The van der Waals surface area contributed by atoms with Gasteiger partial charge in [-0.15, -0.1) is 0 Å². The molecule has 2 aliphatic heterocycles. The van der Waals surface area contributed by atoms with Gasteiger partial charge in [0.05, 0.1) is 13.2 Å². The first-order chi connectivity index (χ1) is 15.5. The molecule has 0 amide bonds. The summed E-state index contributed by atoms with van der Waals surface area (Å²) >= 11 is 6.51. The van der Waals surface area contributed by atoms with Crippen molar-refractivity contribution in [3.63, 3.8) is 0 Å². The van der Waals surface area contributed by atoms with Crippen LogP contribution in [0.25, 0.3) is 0 Å². The van der Waals surface area contributed by atoms with E-state index in [1.165, 1.54) is 0 Å². The molecule has 170 valence electrons. The second-order valence-electron chi connectivity index (χ2n) is 7.93. The van der Waals surface area contributed by atoms with E-state index in [9.17, 15) is 9.90 Å². The van der Waals surface area contributed by atoms with E-state index in [4.69, 9.17) is 25.8 Å². The lowest BCUT2D eigenvalue weighted by Crippen LogP contribution is -2.39. The Morgan fingerprint density at radius 1 is 1.28 bits per heavy atom. The van der Waals surface area contributed by atoms with Crippen molar-refractivity contribution in [2.45, 2.75) is 45.2 Å². The first-order valence-electron chi connectivity index (χ1n) is 10.7. The van der Waals surface area contributed by atoms with Crippen molar-refractivity contribution in [2.75, 3.05) is 13.9 Å². The molecule has 1 unspecified atom stereocenters. The van der Waals surface area contributed by atoms with Crippen LogP contribution in [0.3, 0.4) is 0 Å². The van der Waals surface area contributed by atoms with Gasteiger partial charge in [0, 0.05) is 17.6 Å². The highest BCUT2D eigenvalue weighted by atomic mass is 35.5. The number of carboxylic acid groups (broad SMARTS) is 1. The number of rotatable bonds is 9. The lowest BCUT2D eigenvalue weighted by Gasteiger charge is -2.27. The van der Waals surface area contributed by atoms with Crippen LogP contribution in [-0.2, 0) is 17.8 Å². The molecule has 2 N–H and O–H groups in total. The van der Waals surface area contributed by atoms with Crippen LogP contribution < -0.4 is 19.6 Å². The Hall–Kier alpha value is -2.90. The van der Waals surface area contributed by atoms with E-state index >= 15 is 0 Å². The molecule has 0 fully saturated rings. The predicted octanol–water partition coefficient (Wildman–Crippen LogP) is 4.54. The standard InChI is InChI=1S/C24H27ClN2O5/c1-3-4-8-20-18(10-16-11-21-22(12-19(16)25)32-14-31-21)23(24(28)29)26-27(20)13-15-6-5-7-17(9-15)30-2/h5-7,9,11-12,20,26H,3-4,8,10,13-14H2,1-2H3,(H,28,29). The number of hydrazine groups is 1. The van der Waals surface area contributed by atoms with Gasteiger partial charge in [0.25, 0.3) is 0 Å². The maximum Gasteiger partial charge on any atom is 0.353 e. The Labute approximate surface area is 192 Å². The van der Waals surface area contributed by atoms with Gasteiger partial charge in [-0.05, 0) is 47.7 Å². The molecule has 0 bridgehead atoms. The molecule has 8 heteroatoms. The first-order valence-corrected chi connectivity index (χ1v) is 11.1. The first kappa shape index (κ1) is 22.3. The summed E-state index contributed by atoms with van der Waals surface area (Å²) in [6, 6.07) is 11.3. The number of ether oxygens (including phenoxy) is 3. The van der Waals surface area contributed by atoms with Gasteiger partial charge in [0.2, 0.25) is 6.79 Å². The van der Waals surface area contributed by atoms with Crippen molar-refractivity contribution < 1.29 is 24.1 Å². The summed E-state index contributed by atoms with van der Waals surface area (Å²) in [6.07, 6.45) is 3.24. The SMILES string of the molecule is CCCCC1C(Cc2cc3c(cc2Cl)OCO3)=C(C(=O)O)NN1Cc1cccc(OC)c1. The molecule has 2 heterocycles. The number of carbonyl (C=O) groups is 1. The van der Waals surface area contributed by atoms with Gasteiger partial charge in [-0.1, -0.05) is 43.5 Å². The number of nitrogens with one attached hydrogen (secondary N) is 1. The van der Waals surface area contributed by atoms with Crippen LogP contribution in [-0.4, -0.2) is 36.0 Å². The van der Waals surface area contributed by atoms with Crippen LogP contribution in [0.5, 0.6) is 17.2 Å². The number of nitrogens with zero attached hydrogens (tertiary/aromatic N) is 1. The average molecular weight is 459 g/mol. The van der Waals surface area contributed by atoms with Gasteiger partial charge >= 0.3 is 5.97 Å². The fourth-order valence-electron chi connectivity index (χ4n) is 4.18. The Morgan fingerprint density at radius 3 is 2.78 bits per heavy atom. The third-order valence-electron chi connectivity index (χ3n) is 5.81. The number of hydrogen-bond donors (Lipinski definition) is 2. The molecular weight excluding hydrogens is 432 g/mol. The highest BCUT2D eigenvalue weighted by Gasteiger charge is 2.35. The predicted molar refractivity (Wildman–Crippen MR) is 121 cm³/mol. The molecule has 0 spiro atoms. The second kappa shape index (κ2) is 9.71. The minimum atomic E-state index is -0.980. The van der Waals surface area contributed by atoms with Crippen molar-refractivity contribution in [2.24, 2.45) is 0 Å². The molecule has 2 aliphatic rings. The summed E-state index contributed by atoms with van der Waals surface area (Å²) in [5.74, 6) is 1.03. The van der Waals surface area contributed by atoms with Gasteiger partial charge < -0.3 is 24.7 Å². The Morgan fingerprint density at radius 2 is 2.06 bits per heavy atom. The highest BCUT2D eigenvalue weighted by molar-refractivity contribution is 6.31. The Bertz CT molecular complexity index is 1040. The minimum absolute atomic E-state index is 0.0752.